The molecule has 0 aliphatic heterocycles. The molecule has 8 heteroatoms. The molecule has 1 aromatic heterocycles. The molecule has 0 aliphatic carbocycles. The van der Waals surface area contributed by atoms with Crippen molar-refractivity contribution in [1.82, 2.24) is 15.3 Å². The van der Waals surface area contributed by atoms with Crippen LogP contribution < -0.4 is 10.6 Å². The van der Waals surface area contributed by atoms with Crippen LogP contribution in [0.5, 0.6) is 0 Å². The molecule has 134 valence electrons. The number of carbonyl (C=O) groups excluding carboxylic acids is 1. The van der Waals surface area contributed by atoms with Crippen LogP contribution in [0.3, 0.4) is 0 Å². The van der Waals surface area contributed by atoms with Crippen LogP contribution in [-0.2, 0) is 4.74 Å². The molecule has 0 bridgehead atoms. The standard InChI is InChI=1S/C17H20ClFN4O2/c1-17(2,3)25-16(24)22-9-8-21-15-20-7-6-14(23-15)12-5-4-11(19)10-13(12)18/h4-7,10H,8-9H2,1-3H3,(H,22,24)(H,20,21,23). The van der Waals surface area contributed by atoms with Gasteiger partial charge >= 0.3 is 6.09 Å². The number of amides is 1. The van der Waals surface area contributed by atoms with Crippen molar-refractivity contribution >= 4 is 23.6 Å². The molecular weight excluding hydrogens is 347 g/mol. The molecule has 1 aromatic carbocycles. The number of hydrogen-bond acceptors (Lipinski definition) is 5. The van der Waals surface area contributed by atoms with Crippen LogP contribution in [0.1, 0.15) is 20.8 Å². The fraction of sp³-hybridized carbons (Fsp3) is 0.353. The first-order valence-electron chi connectivity index (χ1n) is 7.74. The maximum atomic E-state index is 13.1. The van der Waals surface area contributed by atoms with Gasteiger partial charge < -0.3 is 15.4 Å². The summed E-state index contributed by atoms with van der Waals surface area (Å²) in [4.78, 5) is 20.0. The Bertz CT molecular complexity index is 750. The van der Waals surface area contributed by atoms with Crippen molar-refractivity contribution in [3.05, 3.63) is 41.3 Å². The number of benzene rings is 1. The maximum Gasteiger partial charge on any atom is 0.407 e. The van der Waals surface area contributed by atoms with E-state index < -0.39 is 17.5 Å². The lowest BCUT2D eigenvalue weighted by Crippen LogP contribution is -2.35. The lowest BCUT2D eigenvalue weighted by molar-refractivity contribution is 0.0530. The zero-order valence-electron chi connectivity index (χ0n) is 14.3. The smallest absolute Gasteiger partial charge is 0.407 e. The monoisotopic (exact) mass is 366 g/mol. The minimum Gasteiger partial charge on any atom is -0.444 e. The predicted molar refractivity (Wildman–Crippen MR) is 95.2 cm³/mol. The van der Waals surface area contributed by atoms with Gasteiger partial charge in [0.15, 0.2) is 0 Å². The second kappa shape index (κ2) is 8.11. The molecule has 2 rings (SSSR count). The Hall–Kier alpha value is -2.41. The fourth-order valence-corrected chi connectivity index (χ4v) is 2.21. The van der Waals surface area contributed by atoms with Gasteiger partial charge in [0, 0.05) is 24.8 Å². The van der Waals surface area contributed by atoms with E-state index in [4.69, 9.17) is 16.3 Å². The van der Waals surface area contributed by atoms with Crippen molar-refractivity contribution in [2.45, 2.75) is 26.4 Å². The Morgan fingerprint density at radius 3 is 2.72 bits per heavy atom. The molecule has 1 heterocycles. The van der Waals surface area contributed by atoms with Gasteiger partial charge in [0.1, 0.15) is 11.4 Å². The van der Waals surface area contributed by atoms with E-state index in [9.17, 15) is 9.18 Å². The first kappa shape index (κ1) is 18.9. The minimum atomic E-state index is -0.538. The summed E-state index contributed by atoms with van der Waals surface area (Å²) < 4.78 is 18.3. The van der Waals surface area contributed by atoms with Gasteiger partial charge in [-0.05, 0) is 45.0 Å². The van der Waals surface area contributed by atoms with E-state index in [-0.39, 0.29) is 5.02 Å². The summed E-state index contributed by atoms with van der Waals surface area (Å²) in [5, 5.41) is 5.90. The molecular formula is C17H20ClFN4O2. The predicted octanol–water partition coefficient (Wildman–Crippen LogP) is 3.87. The number of aromatic nitrogens is 2. The van der Waals surface area contributed by atoms with E-state index in [1.165, 1.54) is 12.1 Å². The molecule has 0 spiro atoms. The Labute approximate surface area is 150 Å². The summed E-state index contributed by atoms with van der Waals surface area (Å²) in [6.45, 7) is 6.15. The molecule has 0 saturated heterocycles. The van der Waals surface area contributed by atoms with Gasteiger partial charge in [0.05, 0.1) is 10.7 Å². The van der Waals surface area contributed by atoms with E-state index in [1.807, 2.05) is 0 Å². The summed E-state index contributed by atoms with van der Waals surface area (Å²) in [5.74, 6) is -0.0294. The minimum absolute atomic E-state index is 0.274. The Morgan fingerprint density at radius 2 is 2.04 bits per heavy atom. The van der Waals surface area contributed by atoms with E-state index in [2.05, 4.69) is 20.6 Å². The molecule has 0 unspecified atom stereocenters. The highest BCUT2D eigenvalue weighted by Gasteiger charge is 2.15. The summed E-state index contributed by atoms with van der Waals surface area (Å²) in [7, 11) is 0. The van der Waals surface area contributed by atoms with Crippen LogP contribution in [0.4, 0.5) is 15.1 Å². The molecule has 0 aliphatic rings. The number of carbonyl (C=O) groups is 1. The first-order valence-corrected chi connectivity index (χ1v) is 8.11. The Balaban J connectivity index is 1.91. The zero-order chi connectivity index (χ0) is 18.4. The van der Waals surface area contributed by atoms with E-state index >= 15 is 0 Å². The number of ether oxygens (including phenoxy) is 1. The summed E-state index contributed by atoms with van der Waals surface area (Å²) in [6.07, 6.45) is 1.09. The van der Waals surface area contributed by atoms with Crippen LogP contribution in [0.2, 0.25) is 5.02 Å². The number of anilines is 1. The van der Waals surface area contributed by atoms with Gasteiger partial charge in [-0.1, -0.05) is 11.6 Å². The fourth-order valence-electron chi connectivity index (χ4n) is 1.94. The number of rotatable bonds is 5. The average molecular weight is 367 g/mol. The van der Waals surface area contributed by atoms with E-state index in [0.717, 1.165) is 0 Å². The number of nitrogens with one attached hydrogen (secondary N) is 2. The van der Waals surface area contributed by atoms with Crippen molar-refractivity contribution in [2.24, 2.45) is 0 Å². The van der Waals surface area contributed by atoms with Crippen molar-refractivity contribution in [1.29, 1.82) is 0 Å². The van der Waals surface area contributed by atoms with Crippen LogP contribution in [0, 0.1) is 5.82 Å². The third-order valence-electron chi connectivity index (χ3n) is 2.94. The van der Waals surface area contributed by atoms with Gasteiger partial charge in [-0.2, -0.15) is 0 Å². The third kappa shape index (κ3) is 6.19. The lowest BCUT2D eigenvalue weighted by atomic mass is 10.1. The van der Waals surface area contributed by atoms with E-state index in [1.54, 1.807) is 39.1 Å². The average Bonchev–Trinajstić information content (AvgIpc) is 2.50. The largest absolute Gasteiger partial charge is 0.444 e. The topological polar surface area (TPSA) is 76.1 Å². The van der Waals surface area contributed by atoms with Gasteiger partial charge in [-0.3, -0.25) is 0 Å². The third-order valence-corrected chi connectivity index (χ3v) is 3.25. The molecule has 6 nitrogen and oxygen atoms in total. The van der Waals surface area contributed by atoms with E-state index in [0.29, 0.717) is 30.3 Å². The summed E-state index contributed by atoms with van der Waals surface area (Å²) in [6, 6.07) is 5.80. The van der Waals surface area contributed by atoms with Crippen LogP contribution in [0.15, 0.2) is 30.5 Å². The Kier molecular flexibility index (Phi) is 6.14. The highest BCUT2D eigenvalue weighted by molar-refractivity contribution is 6.33. The molecule has 0 saturated carbocycles. The van der Waals surface area contributed by atoms with Crippen molar-refractivity contribution in [3.8, 4) is 11.3 Å². The number of alkyl carbamates (subject to hydrolysis) is 1. The molecule has 1 amide bonds. The molecule has 25 heavy (non-hydrogen) atoms. The number of halogens is 2. The van der Waals surface area contributed by atoms with Gasteiger partial charge in [-0.15, -0.1) is 0 Å². The van der Waals surface area contributed by atoms with Gasteiger partial charge in [0.25, 0.3) is 0 Å². The van der Waals surface area contributed by atoms with Crippen molar-refractivity contribution in [2.75, 3.05) is 18.4 Å². The maximum absolute atomic E-state index is 13.1. The summed E-state index contributed by atoms with van der Waals surface area (Å²) in [5.41, 5.74) is 0.645. The van der Waals surface area contributed by atoms with Crippen LogP contribution in [-0.4, -0.2) is 34.8 Å². The zero-order valence-corrected chi connectivity index (χ0v) is 15.0. The van der Waals surface area contributed by atoms with Crippen LogP contribution in [0.25, 0.3) is 11.3 Å². The summed E-state index contributed by atoms with van der Waals surface area (Å²) >= 11 is 6.05. The Morgan fingerprint density at radius 1 is 1.28 bits per heavy atom. The highest BCUT2D eigenvalue weighted by Crippen LogP contribution is 2.27. The molecule has 0 radical (unpaired) electrons. The second-order valence-electron chi connectivity index (χ2n) is 6.25. The molecule has 2 aromatic rings. The number of nitrogens with zero attached hydrogens (tertiary/aromatic N) is 2. The van der Waals surface area contributed by atoms with Gasteiger partial charge in [0.2, 0.25) is 5.95 Å². The molecule has 0 fully saturated rings. The first-order chi connectivity index (χ1) is 11.7. The van der Waals surface area contributed by atoms with Crippen LogP contribution >= 0.6 is 11.6 Å². The molecule has 2 N–H and O–H groups in total. The molecule has 0 atom stereocenters. The lowest BCUT2D eigenvalue weighted by Gasteiger charge is -2.19. The normalized spacial score (nSPS) is 11.1. The van der Waals surface area contributed by atoms with Gasteiger partial charge in [-0.25, -0.2) is 19.2 Å². The van der Waals surface area contributed by atoms with Crippen molar-refractivity contribution in [3.63, 3.8) is 0 Å². The number of hydrogen-bond donors (Lipinski definition) is 2. The second-order valence-corrected chi connectivity index (χ2v) is 6.65. The highest BCUT2D eigenvalue weighted by atomic mass is 35.5. The quantitative estimate of drug-likeness (QED) is 0.785. The van der Waals surface area contributed by atoms with Crippen molar-refractivity contribution < 1.29 is 13.9 Å². The SMILES string of the molecule is CC(C)(C)OC(=O)NCCNc1nccc(-c2ccc(F)cc2Cl)n1.